The largest absolute Gasteiger partial charge is 0.491 e. The van der Waals surface area contributed by atoms with E-state index < -0.39 is 0 Å². The van der Waals surface area contributed by atoms with Crippen molar-refractivity contribution in [3.05, 3.63) is 59.7 Å². The molecule has 1 heterocycles. The molecule has 0 saturated carbocycles. The van der Waals surface area contributed by atoms with Crippen molar-refractivity contribution in [2.75, 3.05) is 18.6 Å². The molecule has 0 fully saturated rings. The zero-order valence-corrected chi connectivity index (χ0v) is 15.0. The Balaban J connectivity index is 0.00000208. The van der Waals surface area contributed by atoms with Crippen molar-refractivity contribution in [1.29, 1.82) is 0 Å². The number of ether oxygens (including phenoxy) is 2. The lowest BCUT2D eigenvalue weighted by Crippen LogP contribution is -2.36. The number of carbonyl (C=O) groups is 1. The van der Waals surface area contributed by atoms with E-state index in [1.807, 2.05) is 12.1 Å². The summed E-state index contributed by atoms with van der Waals surface area (Å²) in [6, 6.07) is 16.2. The predicted octanol–water partition coefficient (Wildman–Crippen LogP) is 3.76. The normalized spacial score (nSPS) is 16.2. The minimum absolute atomic E-state index is 0. The molecule has 5 heteroatoms. The minimum atomic E-state index is -0.340. The highest BCUT2D eigenvalue weighted by Gasteiger charge is 2.24. The third kappa shape index (κ3) is 3.67. The molecule has 1 atom stereocenters. The summed E-state index contributed by atoms with van der Waals surface area (Å²) < 4.78 is 10.8. The molecule has 3 rings (SSSR count). The van der Waals surface area contributed by atoms with E-state index in [1.165, 1.54) is 12.8 Å². The number of hydrogen-bond acceptors (Lipinski definition) is 4. The van der Waals surface area contributed by atoms with Crippen LogP contribution in [0.1, 0.15) is 29.3 Å². The van der Waals surface area contributed by atoms with Crippen LogP contribution in [0.25, 0.3) is 0 Å². The summed E-state index contributed by atoms with van der Waals surface area (Å²) >= 11 is 0. The number of methoxy groups -OCH3 is 1. The monoisotopic (exact) mass is 345 g/mol. The van der Waals surface area contributed by atoms with Crippen molar-refractivity contribution in [2.24, 2.45) is 0 Å². The van der Waals surface area contributed by atoms with Crippen LogP contribution in [-0.2, 0) is 11.3 Å². The average molecular weight is 345 g/mol. The zero-order valence-electron chi connectivity index (χ0n) is 14.0. The van der Waals surface area contributed by atoms with E-state index in [0.717, 1.165) is 24.3 Å². The molecule has 2 aromatic carbocycles. The lowest BCUT2D eigenvalue weighted by atomic mass is 10.1. The van der Waals surface area contributed by atoms with Crippen LogP contribution in [0.3, 0.4) is 0 Å². The fraction of sp³-hybridized carbons (Fsp3) is 0.316. The van der Waals surface area contributed by atoms with Gasteiger partial charge in [0.05, 0.1) is 18.7 Å². The second-order valence-corrected chi connectivity index (χ2v) is 5.65. The first-order chi connectivity index (χ1) is 11.2. The summed E-state index contributed by atoms with van der Waals surface area (Å²) in [6.45, 7) is 3.53. The maximum absolute atomic E-state index is 11.7. The molecular weight excluding hydrogens is 322 g/mol. The molecule has 0 spiro atoms. The van der Waals surface area contributed by atoms with E-state index in [4.69, 9.17) is 9.47 Å². The average Bonchev–Trinajstić information content (AvgIpc) is 2.80. The van der Waals surface area contributed by atoms with Gasteiger partial charge in [-0.3, -0.25) is 0 Å². The number of rotatable bonds is 3. The minimum Gasteiger partial charge on any atom is -0.491 e. The van der Waals surface area contributed by atoms with Gasteiger partial charge in [-0.05, 0) is 30.7 Å². The van der Waals surface area contributed by atoms with Crippen LogP contribution < -0.4 is 9.64 Å². The fourth-order valence-corrected chi connectivity index (χ4v) is 2.91. The molecule has 128 valence electrons. The summed E-state index contributed by atoms with van der Waals surface area (Å²) in [7, 11) is 1.39. The number of carbonyl (C=O) groups excluding carboxylic acids is 1. The first kappa shape index (κ1) is 18.2. The highest BCUT2D eigenvalue weighted by molar-refractivity contribution is 7.59. The number of hydrogen-bond donors (Lipinski definition) is 0. The van der Waals surface area contributed by atoms with Gasteiger partial charge < -0.3 is 14.4 Å². The van der Waals surface area contributed by atoms with Crippen LogP contribution in [0, 0.1) is 0 Å². The highest BCUT2D eigenvalue weighted by Crippen LogP contribution is 2.30. The Bertz CT molecular complexity index is 690. The first-order valence-electron chi connectivity index (χ1n) is 7.88. The van der Waals surface area contributed by atoms with Crippen molar-refractivity contribution in [3.63, 3.8) is 0 Å². The van der Waals surface area contributed by atoms with Crippen LogP contribution in [0.15, 0.2) is 48.5 Å². The number of anilines is 1. The van der Waals surface area contributed by atoms with Gasteiger partial charge in [0.2, 0.25) is 0 Å². The van der Waals surface area contributed by atoms with Gasteiger partial charge in [0.1, 0.15) is 12.4 Å². The van der Waals surface area contributed by atoms with Crippen LogP contribution in [-0.4, -0.2) is 25.7 Å². The van der Waals surface area contributed by atoms with Crippen molar-refractivity contribution in [3.8, 4) is 5.75 Å². The van der Waals surface area contributed by atoms with Gasteiger partial charge >= 0.3 is 5.97 Å². The molecule has 0 N–H and O–H groups in total. The summed E-state index contributed by atoms with van der Waals surface area (Å²) in [6.07, 6.45) is 0.993. The summed E-state index contributed by atoms with van der Waals surface area (Å²) in [5.74, 6) is 0.428. The van der Waals surface area contributed by atoms with Crippen LogP contribution >= 0.6 is 13.5 Å². The smallest absolute Gasteiger partial charge is 0.337 e. The second kappa shape index (κ2) is 8.11. The number of fused-ring (bicyclic) bond motifs is 1. The van der Waals surface area contributed by atoms with E-state index in [0.29, 0.717) is 18.2 Å². The van der Waals surface area contributed by atoms with Gasteiger partial charge in [-0.15, -0.1) is 0 Å². The van der Waals surface area contributed by atoms with E-state index in [2.05, 4.69) is 36.1 Å². The second-order valence-electron chi connectivity index (χ2n) is 5.65. The number of para-hydroxylation sites is 1. The van der Waals surface area contributed by atoms with Gasteiger partial charge in [0, 0.05) is 17.8 Å². The Labute approximate surface area is 149 Å². The fourth-order valence-electron chi connectivity index (χ4n) is 2.91. The van der Waals surface area contributed by atoms with E-state index in [9.17, 15) is 4.79 Å². The number of benzene rings is 2. The number of nitrogens with zero attached hydrogens (tertiary/aromatic N) is 1. The maximum Gasteiger partial charge on any atom is 0.337 e. The van der Waals surface area contributed by atoms with E-state index in [-0.39, 0.29) is 19.5 Å². The molecule has 2 aromatic rings. The summed E-state index contributed by atoms with van der Waals surface area (Å²) in [5.41, 5.74) is 2.79. The van der Waals surface area contributed by atoms with Gasteiger partial charge in [0.15, 0.2) is 0 Å². The molecule has 1 aliphatic heterocycles. The van der Waals surface area contributed by atoms with Gasteiger partial charge in [0.25, 0.3) is 0 Å². The molecular formula is C19H23NO3S. The lowest BCUT2D eigenvalue weighted by molar-refractivity contribution is 0.0600. The molecule has 4 nitrogen and oxygen atoms in total. The lowest BCUT2D eigenvalue weighted by Gasteiger charge is -2.30. The summed E-state index contributed by atoms with van der Waals surface area (Å²) in [5, 5.41) is 0. The van der Waals surface area contributed by atoms with Crippen molar-refractivity contribution >= 4 is 25.2 Å². The highest BCUT2D eigenvalue weighted by atomic mass is 32.1. The topological polar surface area (TPSA) is 38.8 Å². The van der Waals surface area contributed by atoms with Crippen molar-refractivity contribution in [2.45, 2.75) is 25.9 Å². The van der Waals surface area contributed by atoms with Crippen LogP contribution in [0.4, 0.5) is 5.69 Å². The molecule has 0 unspecified atom stereocenters. The maximum atomic E-state index is 11.7. The molecule has 0 saturated heterocycles. The molecule has 0 aromatic heterocycles. The van der Waals surface area contributed by atoms with Crippen LogP contribution in [0.5, 0.6) is 5.75 Å². The van der Waals surface area contributed by atoms with Crippen LogP contribution in [0.2, 0.25) is 0 Å². The first-order valence-corrected chi connectivity index (χ1v) is 7.88. The van der Waals surface area contributed by atoms with Crippen molar-refractivity contribution < 1.29 is 14.3 Å². The predicted molar refractivity (Wildman–Crippen MR) is 100 cm³/mol. The SMILES string of the molecule is CC[C@H]1COc2cc(C(=O)OC)ccc2CN1c1ccccc1.S. The summed E-state index contributed by atoms with van der Waals surface area (Å²) in [4.78, 5) is 14.1. The Morgan fingerprint density at radius 3 is 2.67 bits per heavy atom. The molecule has 0 radical (unpaired) electrons. The van der Waals surface area contributed by atoms with E-state index >= 15 is 0 Å². The third-order valence-corrected chi connectivity index (χ3v) is 4.26. The zero-order chi connectivity index (χ0) is 16.2. The number of esters is 1. The van der Waals surface area contributed by atoms with E-state index in [1.54, 1.807) is 12.1 Å². The van der Waals surface area contributed by atoms with Gasteiger partial charge in [-0.1, -0.05) is 31.2 Å². The van der Waals surface area contributed by atoms with Crippen molar-refractivity contribution in [1.82, 2.24) is 0 Å². The molecule has 0 aliphatic carbocycles. The molecule has 1 aliphatic rings. The molecule has 0 bridgehead atoms. The Morgan fingerprint density at radius 1 is 1.25 bits per heavy atom. The van der Waals surface area contributed by atoms with Gasteiger partial charge in [-0.2, -0.15) is 13.5 Å². The molecule has 24 heavy (non-hydrogen) atoms. The third-order valence-electron chi connectivity index (χ3n) is 4.26. The molecule has 0 amide bonds. The van der Waals surface area contributed by atoms with Gasteiger partial charge in [-0.25, -0.2) is 4.79 Å². The Kier molecular flexibility index (Phi) is 6.15. The quantitative estimate of drug-likeness (QED) is 0.794. The Hall–Kier alpha value is -2.14. The standard InChI is InChI=1S/C19H21NO3.H2S/c1-3-16-13-23-18-11-14(19(21)22-2)9-10-15(18)12-20(16)17-7-5-4-6-8-17;/h4-11,16H,3,12-13H2,1-2H3;1H2/t16-;/m0./s1. The Morgan fingerprint density at radius 2 is 2.00 bits per heavy atom.